The lowest BCUT2D eigenvalue weighted by Crippen LogP contribution is -2.20. The van der Waals surface area contributed by atoms with Gasteiger partial charge in [0.15, 0.2) is 0 Å². The van der Waals surface area contributed by atoms with Crippen molar-refractivity contribution in [2.45, 2.75) is 52.4 Å². The van der Waals surface area contributed by atoms with Gasteiger partial charge in [0.25, 0.3) is 0 Å². The number of amides is 1. The molecule has 0 saturated heterocycles. The standard InChI is InChI=1S/C17H28N2O2/c1-3-4-5-6-7-8-12-21-13-16(20)19-17-14(2)10-9-11-15(17)18/h9-11H,3-8,12-13,18H2,1-2H3,(H,19,20). The zero-order valence-electron chi connectivity index (χ0n) is 13.3. The molecule has 0 heterocycles. The summed E-state index contributed by atoms with van der Waals surface area (Å²) in [7, 11) is 0. The topological polar surface area (TPSA) is 64.3 Å². The number of nitrogens with one attached hydrogen (secondary N) is 1. The molecule has 4 heteroatoms. The Hall–Kier alpha value is -1.55. The molecule has 0 radical (unpaired) electrons. The molecule has 0 spiro atoms. The maximum absolute atomic E-state index is 11.8. The maximum atomic E-state index is 11.8. The number of benzene rings is 1. The van der Waals surface area contributed by atoms with E-state index in [0.29, 0.717) is 18.0 Å². The summed E-state index contributed by atoms with van der Waals surface area (Å²) in [5.74, 6) is -0.151. The number of carbonyl (C=O) groups excluding carboxylic acids is 1. The second-order valence-electron chi connectivity index (χ2n) is 5.41. The molecule has 1 aromatic rings. The summed E-state index contributed by atoms with van der Waals surface area (Å²) in [6.45, 7) is 4.86. The Morgan fingerprint density at radius 2 is 1.90 bits per heavy atom. The molecule has 0 aliphatic heterocycles. The second kappa shape index (κ2) is 10.2. The number of carbonyl (C=O) groups is 1. The van der Waals surface area contributed by atoms with E-state index in [1.807, 2.05) is 19.1 Å². The number of hydrogen-bond donors (Lipinski definition) is 2. The quantitative estimate of drug-likeness (QED) is 0.508. The molecular weight excluding hydrogens is 264 g/mol. The first kappa shape index (κ1) is 17.5. The third-order valence-corrected chi connectivity index (χ3v) is 3.44. The molecule has 0 atom stereocenters. The minimum atomic E-state index is -0.151. The number of unbranched alkanes of at least 4 members (excludes halogenated alkanes) is 5. The molecular formula is C17H28N2O2. The predicted molar refractivity (Wildman–Crippen MR) is 88.4 cm³/mol. The van der Waals surface area contributed by atoms with Gasteiger partial charge >= 0.3 is 0 Å². The van der Waals surface area contributed by atoms with Gasteiger partial charge < -0.3 is 15.8 Å². The van der Waals surface area contributed by atoms with E-state index in [4.69, 9.17) is 10.5 Å². The zero-order valence-corrected chi connectivity index (χ0v) is 13.3. The Kier molecular flexibility index (Phi) is 8.51. The Morgan fingerprint density at radius 3 is 2.62 bits per heavy atom. The highest BCUT2D eigenvalue weighted by Crippen LogP contribution is 2.22. The minimum Gasteiger partial charge on any atom is -0.397 e. The Bertz CT molecular complexity index is 413. The third kappa shape index (κ3) is 7.14. The first-order valence-electron chi connectivity index (χ1n) is 7.87. The first-order chi connectivity index (χ1) is 10.1. The van der Waals surface area contributed by atoms with Gasteiger partial charge in [0.2, 0.25) is 5.91 Å². The van der Waals surface area contributed by atoms with Crippen LogP contribution in [0.5, 0.6) is 0 Å². The van der Waals surface area contributed by atoms with Crippen LogP contribution in [0.25, 0.3) is 0 Å². The molecule has 1 rings (SSSR count). The predicted octanol–water partition coefficient (Wildman–Crippen LogP) is 3.89. The monoisotopic (exact) mass is 292 g/mol. The number of nitrogen functional groups attached to an aromatic ring is 1. The number of ether oxygens (including phenoxy) is 1. The van der Waals surface area contributed by atoms with E-state index < -0.39 is 0 Å². The fraction of sp³-hybridized carbons (Fsp3) is 0.588. The molecule has 0 saturated carbocycles. The molecule has 0 aliphatic carbocycles. The second-order valence-corrected chi connectivity index (χ2v) is 5.41. The molecule has 0 unspecified atom stereocenters. The van der Waals surface area contributed by atoms with Gasteiger partial charge in [-0.15, -0.1) is 0 Å². The molecule has 4 nitrogen and oxygen atoms in total. The largest absolute Gasteiger partial charge is 0.397 e. The van der Waals surface area contributed by atoms with Crippen LogP contribution >= 0.6 is 0 Å². The highest BCUT2D eigenvalue weighted by molar-refractivity contribution is 5.95. The molecule has 0 bridgehead atoms. The van der Waals surface area contributed by atoms with Gasteiger partial charge in [-0.2, -0.15) is 0 Å². The summed E-state index contributed by atoms with van der Waals surface area (Å²) in [6, 6.07) is 5.57. The molecule has 3 N–H and O–H groups in total. The van der Waals surface area contributed by atoms with Crippen LogP contribution in [0.2, 0.25) is 0 Å². The number of aryl methyl sites for hydroxylation is 1. The summed E-state index contributed by atoms with van der Waals surface area (Å²) in [4.78, 5) is 11.8. The van der Waals surface area contributed by atoms with Crippen LogP contribution in [0.4, 0.5) is 11.4 Å². The summed E-state index contributed by atoms with van der Waals surface area (Å²) in [6.07, 6.45) is 7.31. The number of nitrogens with two attached hydrogens (primary N) is 1. The Morgan fingerprint density at radius 1 is 1.19 bits per heavy atom. The van der Waals surface area contributed by atoms with Crippen LogP contribution in [0.3, 0.4) is 0 Å². The summed E-state index contributed by atoms with van der Waals surface area (Å²) in [5, 5.41) is 2.81. The number of hydrogen-bond acceptors (Lipinski definition) is 3. The van der Waals surface area contributed by atoms with Crippen molar-refractivity contribution in [3.8, 4) is 0 Å². The van der Waals surface area contributed by atoms with Crippen molar-refractivity contribution in [2.24, 2.45) is 0 Å². The van der Waals surface area contributed by atoms with Crippen LogP contribution in [0.15, 0.2) is 18.2 Å². The van der Waals surface area contributed by atoms with Crippen molar-refractivity contribution in [2.75, 3.05) is 24.3 Å². The fourth-order valence-corrected chi connectivity index (χ4v) is 2.19. The number of para-hydroxylation sites is 1. The van der Waals surface area contributed by atoms with Crippen molar-refractivity contribution in [3.63, 3.8) is 0 Å². The average molecular weight is 292 g/mol. The van der Waals surface area contributed by atoms with Crippen LogP contribution in [-0.4, -0.2) is 19.1 Å². The lowest BCUT2D eigenvalue weighted by molar-refractivity contribution is -0.120. The van der Waals surface area contributed by atoms with Gasteiger partial charge in [0.1, 0.15) is 6.61 Å². The van der Waals surface area contributed by atoms with Crippen molar-refractivity contribution in [1.82, 2.24) is 0 Å². The molecule has 0 aliphatic rings. The summed E-state index contributed by atoms with van der Waals surface area (Å²) >= 11 is 0. The average Bonchev–Trinajstić information content (AvgIpc) is 2.46. The molecule has 1 amide bonds. The van der Waals surface area contributed by atoms with E-state index in [9.17, 15) is 4.79 Å². The van der Waals surface area contributed by atoms with E-state index >= 15 is 0 Å². The molecule has 0 aromatic heterocycles. The van der Waals surface area contributed by atoms with Crippen molar-refractivity contribution in [1.29, 1.82) is 0 Å². The summed E-state index contributed by atoms with van der Waals surface area (Å²) in [5.41, 5.74) is 8.07. The van der Waals surface area contributed by atoms with Gasteiger partial charge in [-0.1, -0.05) is 51.2 Å². The number of anilines is 2. The zero-order chi connectivity index (χ0) is 15.5. The van der Waals surface area contributed by atoms with Crippen LogP contribution < -0.4 is 11.1 Å². The van der Waals surface area contributed by atoms with Crippen LogP contribution in [-0.2, 0) is 9.53 Å². The van der Waals surface area contributed by atoms with Gasteiger partial charge in [-0.3, -0.25) is 4.79 Å². The molecule has 21 heavy (non-hydrogen) atoms. The SMILES string of the molecule is CCCCCCCCOCC(=O)Nc1c(C)cccc1N. The lowest BCUT2D eigenvalue weighted by Gasteiger charge is -2.11. The first-order valence-corrected chi connectivity index (χ1v) is 7.87. The molecule has 118 valence electrons. The van der Waals surface area contributed by atoms with Gasteiger partial charge in [-0.25, -0.2) is 0 Å². The van der Waals surface area contributed by atoms with Gasteiger partial charge in [0.05, 0.1) is 11.4 Å². The van der Waals surface area contributed by atoms with E-state index in [2.05, 4.69) is 12.2 Å². The van der Waals surface area contributed by atoms with Crippen molar-refractivity contribution >= 4 is 17.3 Å². The smallest absolute Gasteiger partial charge is 0.250 e. The van der Waals surface area contributed by atoms with Gasteiger partial charge in [-0.05, 0) is 25.0 Å². The van der Waals surface area contributed by atoms with E-state index in [0.717, 1.165) is 12.0 Å². The van der Waals surface area contributed by atoms with E-state index in [-0.39, 0.29) is 12.5 Å². The minimum absolute atomic E-state index is 0.0860. The summed E-state index contributed by atoms with van der Waals surface area (Å²) < 4.78 is 5.40. The van der Waals surface area contributed by atoms with E-state index in [1.54, 1.807) is 6.07 Å². The molecule has 0 fully saturated rings. The highest BCUT2D eigenvalue weighted by atomic mass is 16.5. The number of rotatable bonds is 10. The van der Waals surface area contributed by atoms with Crippen LogP contribution in [0.1, 0.15) is 51.0 Å². The fourth-order valence-electron chi connectivity index (χ4n) is 2.19. The third-order valence-electron chi connectivity index (χ3n) is 3.44. The normalized spacial score (nSPS) is 10.6. The Labute approximate surface area is 128 Å². The Balaban J connectivity index is 2.14. The van der Waals surface area contributed by atoms with E-state index in [1.165, 1.54) is 32.1 Å². The lowest BCUT2D eigenvalue weighted by atomic mass is 10.1. The highest BCUT2D eigenvalue weighted by Gasteiger charge is 2.07. The maximum Gasteiger partial charge on any atom is 0.250 e. The van der Waals surface area contributed by atoms with Crippen LogP contribution in [0, 0.1) is 6.92 Å². The van der Waals surface area contributed by atoms with Crippen molar-refractivity contribution < 1.29 is 9.53 Å². The van der Waals surface area contributed by atoms with Gasteiger partial charge in [0, 0.05) is 6.61 Å². The molecule has 1 aromatic carbocycles. The van der Waals surface area contributed by atoms with Crippen molar-refractivity contribution in [3.05, 3.63) is 23.8 Å².